The van der Waals surface area contributed by atoms with Crippen molar-refractivity contribution in [2.45, 2.75) is 32.4 Å². The van der Waals surface area contributed by atoms with Gasteiger partial charge < -0.3 is 5.32 Å². The summed E-state index contributed by atoms with van der Waals surface area (Å²) < 4.78 is 3.18. The molecule has 3 nitrogen and oxygen atoms in total. The van der Waals surface area contributed by atoms with Gasteiger partial charge in [-0.25, -0.2) is 0 Å². The summed E-state index contributed by atoms with van der Waals surface area (Å²) in [5.41, 5.74) is 2.61. The number of hydrogen-bond acceptors (Lipinski definition) is 3. The number of aryl methyl sites for hydroxylation is 1. The fourth-order valence-corrected chi connectivity index (χ4v) is 3.34. The lowest BCUT2D eigenvalue weighted by Gasteiger charge is -2.18. The molecule has 1 atom stereocenters. The zero-order valence-corrected chi connectivity index (χ0v) is 13.1. The van der Waals surface area contributed by atoms with Crippen LogP contribution in [0, 0.1) is 0 Å². The molecule has 0 saturated carbocycles. The van der Waals surface area contributed by atoms with Gasteiger partial charge in [0.1, 0.15) is 0 Å². The molecule has 0 aromatic carbocycles. The number of hydrogen-bond donors (Lipinski definition) is 1. The number of halogens is 1. The Bertz CT molecular complexity index is 478. The van der Waals surface area contributed by atoms with Crippen molar-refractivity contribution in [2.24, 2.45) is 0 Å². The molecule has 0 fully saturated rings. The average Bonchev–Trinajstić information content (AvgIpc) is 2.98. The van der Waals surface area contributed by atoms with Gasteiger partial charge in [0.25, 0.3) is 0 Å². The number of nitrogens with one attached hydrogen (secondary N) is 1. The van der Waals surface area contributed by atoms with E-state index >= 15 is 0 Å². The van der Waals surface area contributed by atoms with Gasteiger partial charge in [-0.2, -0.15) is 16.4 Å². The SMILES string of the molecule is CCCn1ncc(Br)c1C(Cc1ccsc1)NC. The zero-order valence-electron chi connectivity index (χ0n) is 10.7. The van der Waals surface area contributed by atoms with Crippen LogP contribution in [0.5, 0.6) is 0 Å². The van der Waals surface area contributed by atoms with Gasteiger partial charge >= 0.3 is 0 Å². The van der Waals surface area contributed by atoms with Gasteiger partial charge in [-0.1, -0.05) is 6.92 Å². The third-order valence-electron chi connectivity index (χ3n) is 2.97. The molecule has 2 aromatic rings. The van der Waals surface area contributed by atoms with Gasteiger partial charge in [-0.05, 0) is 58.2 Å². The normalized spacial score (nSPS) is 12.8. The molecule has 2 rings (SSSR count). The second-order valence-electron chi connectivity index (χ2n) is 4.28. The number of rotatable bonds is 6. The quantitative estimate of drug-likeness (QED) is 0.878. The van der Waals surface area contributed by atoms with Crippen molar-refractivity contribution >= 4 is 27.3 Å². The van der Waals surface area contributed by atoms with Crippen LogP contribution >= 0.6 is 27.3 Å². The van der Waals surface area contributed by atoms with Crippen molar-refractivity contribution in [1.82, 2.24) is 15.1 Å². The minimum Gasteiger partial charge on any atom is -0.311 e. The summed E-state index contributed by atoms with van der Waals surface area (Å²) in [4.78, 5) is 0. The fraction of sp³-hybridized carbons (Fsp3) is 0.462. The van der Waals surface area contributed by atoms with Crippen LogP contribution in [0.2, 0.25) is 0 Å². The Hall–Kier alpha value is -0.650. The lowest BCUT2D eigenvalue weighted by Crippen LogP contribution is -2.23. The molecule has 2 heterocycles. The van der Waals surface area contributed by atoms with Crippen LogP contribution in [0.4, 0.5) is 0 Å². The molecule has 0 spiro atoms. The van der Waals surface area contributed by atoms with Crippen molar-refractivity contribution < 1.29 is 0 Å². The Morgan fingerprint density at radius 2 is 2.39 bits per heavy atom. The summed E-state index contributed by atoms with van der Waals surface area (Å²) in [6.07, 6.45) is 3.98. The van der Waals surface area contributed by atoms with Crippen LogP contribution in [0.15, 0.2) is 27.5 Å². The number of nitrogens with zero attached hydrogens (tertiary/aromatic N) is 2. The summed E-state index contributed by atoms with van der Waals surface area (Å²) in [7, 11) is 2.01. The molecule has 2 aromatic heterocycles. The van der Waals surface area contributed by atoms with E-state index in [9.17, 15) is 0 Å². The van der Waals surface area contributed by atoms with Gasteiger partial charge in [0, 0.05) is 6.54 Å². The molecule has 0 bridgehead atoms. The molecule has 0 aliphatic rings. The molecule has 0 radical (unpaired) electrons. The van der Waals surface area contributed by atoms with Crippen LogP contribution in [0.1, 0.15) is 30.6 Å². The molecular formula is C13H18BrN3S. The van der Waals surface area contributed by atoms with Gasteiger partial charge in [0.15, 0.2) is 0 Å². The summed E-state index contributed by atoms with van der Waals surface area (Å²) in [6, 6.07) is 2.48. The van der Waals surface area contributed by atoms with Gasteiger partial charge in [0.05, 0.1) is 22.4 Å². The van der Waals surface area contributed by atoms with Crippen LogP contribution in [0.3, 0.4) is 0 Å². The van der Waals surface area contributed by atoms with Gasteiger partial charge in [0.2, 0.25) is 0 Å². The lowest BCUT2D eigenvalue weighted by molar-refractivity contribution is 0.495. The maximum absolute atomic E-state index is 4.44. The van der Waals surface area contributed by atoms with E-state index in [-0.39, 0.29) is 0 Å². The highest BCUT2D eigenvalue weighted by molar-refractivity contribution is 9.10. The zero-order chi connectivity index (χ0) is 13.0. The van der Waals surface area contributed by atoms with Crippen LogP contribution in [-0.2, 0) is 13.0 Å². The number of thiophene rings is 1. The summed E-state index contributed by atoms with van der Waals surface area (Å²) in [5, 5.41) is 12.2. The van der Waals surface area contributed by atoms with Crippen molar-refractivity contribution in [3.05, 3.63) is 38.8 Å². The highest BCUT2D eigenvalue weighted by atomic mass is 79.9. The second kappa shape index (κ2) is 6.50. The van der Waals surface area contributed by atoms with E-state index < -0.39 is 0 Å². The topological polar surface area (TPSA) is 29.9 Å². The Balaban J connectivity index is 2.23. The molecule has 5 heteroatoms. The van der Waals surface area contributed by atoms with Gasteiger partial charge in [-0.15, -0.1) is 0 Å². The Labute approximate surface area is 120 Å². The van der Waals surface area contributed by atoms with Crippen molar-refractivity contribution in [3.63, 3.8) is 0 Å². The summed E-state index contributed by atoms with van der Waals surface area (Å²) >= 11 is 5.36. The maximum atomic E-state index is 4.44. The van der Waals surface area contributed by atoms with E-state index in [0.29, 0.717) is 6.04 Å². The largest absolute Gasteiger partial charge is 0.311 e. The Kier molecular flexibility index (Phi) is 4.97. The summed E-state index contributed by atoms with van der Waals surface area (Å²) in [6.45, 7) is 3.13. The molecule has 98 valence electrons. The molecule has 0 saturated heterocycles. The predicted molar refractivity (Wildman–Crippen MR) is 80.0 cm³/mol. The molecule has 0 aliphatic carbocycles. The van der Waals surface area contributed by atoms with E-state index in [2.05, 4.69) is 54.8 Å². The van der Waals surface area contributed by atoms with Crippen LogP contribution < -0.4 is 5.32 Å². The third-order valence-corrected chi connectivity index (χ3v) is 4.31. The first-order chi connectivity index (χ1) is 8.76. The molecule has 0 aliphatic heterocycles. The van der Waals surface area contributed by atoms with Crippen molar-refractivity contribution in [1.29, 1.82) is 0 Å². The second-order valence-corrected chi connectivity index (χ2v) is 5.91. The third kappa shape index (κ3) is 3.02. The molecule has 0 amide bonds. The summed E-state index contributed by atoms with van der Waals surface area (Å²) in [5.74, 6) is 0. The minimum absolute atomic E-state index is 0.294. The molecule has 1 N–H and O–H groups in total. The van der Waals surface area contributed by atoms with E-state index in [1.165, 1.54) is 11.3 Å². The lowest BCUT2D eigenvalue weighted by atomic mass is 10.1. The highest BCUT2D eigenvalue weighted by Crippen LogP contribution is 2.26. The fourth-order valence-electron chi connectivity index (χ4n) is 2.09. The highest BCUT2D eigenvalue weighted by Gasteiger charge is 2.18. The van der Waals surface area contributed by atoms with Crippen LogP contribution in [-0.4, -0.2) is 16.8 Å². The first kappa shape index (κ1) is 13.8. The first-order valence-corrected chi connectivity index (χ1v) is 7.89. The van der Waals surface area contributed by atoms with E-state index in [4.69, 9.17) is 0 Å². The number of likely N-dealkylation sites (N-methyl/N-ethyl adjacent to an activating group) is 1. The monoisotopic (exact) mass is 327 g/mol. The van der Waals surface area contributed by atoms with E-state index in [1.54, 1.807) is 11.3 Å². The predicted octanol–water partition coefficient (Wildman–Crippen LogP) is 3.62. The van der Waals surface area contributed by atoms with E-state index in [1.807, 2.05) is 13.2 Å². The number of aromatic nitrogens is 2. The molecule has 18 heavy (non-hydrogen) atoms. The molecule has 1 unspecified atom stereocenters. The van der Waals surface area contributed by atoms with Crippen molar-refractivity contribution in [3.8, 4) is 0 Å². The van der Waals surface area contributed by atoms with Crippen molar-refractivity contribution in [2.75, 3.05) is 7.05 Å². The van der Waals surface area contributed by atoms with E-state index in [0.717, 1.165) is 23.9 Å². The molecular weight excluding hydrogens is 310 g/mol. The Morgan fingerprint density at radius 1 is 1.56 bits per heavy atom. The average molecular weight is 328 g/mol. The Morgan fingerprint density at radius 3 is 3.00 bits per heavy atom. The smallest absolute Gasteiger partial charge is 0.0698 e. The standard InChI is InChI=1S/C13H18BrN3S/c1-3-5-17-13(11(14)8-16-17)12(15-2)7-10-4-6-18-9-10/h4,6,8-9,12,15H,3,5,7H2,1-2H3. The van der Waals surface area contributed by atoms with Crippen LogP contribution in [0.25, 0.3) is 0 Å². The maximum Gasteiger partial charge on any atom is 0.0698 e. The minimum atomic E-state index is 0.294. The first-order valence-electron chi connectivity index (χ1n) is 6.15. The van der Waals surface area contributed by atoms with Gasteiger partial charge in [-0.3, -0.25) is 4.68 Å².